The largest absolute Gasteiger partial charge is 0.454 e. The predicted octanol–water partition coefficient (Wildman–Crippen LogP) is 3.31. The van der Waals surface area contributed by atoms with Gasteiger partial charge in [-0.1, -0.05) is 22.9 Å². The molecule has 4 heteroatoms. The minimum Gasteiger partial charge on any atom is -0.454 e. The van der Waals surface area contributed by atoms with Crippen molar-refractivity contribution in [3.8, 4) is 11.5 Å². The Morgan fingerprint density at radius 3 is 2.78 bits per heavy atom. The zero-order valence-electron chi connectivity index (χ0n) is 10.5. The van der Waals surface area contributed by atoms with Crippen LogP contribution in [0.1, 0.15) is 25.3 Å². The molecule has 1 unspecified atom stereocenters. The molecule has 3 rings (SSSR count). The van der Waals surface area contributed by atoms with E-state index in [0.29, 0.717) is 6.79 Å². The first-order chi connectivity index (χ1) is 8.74. The molecule has 1 aromatic rings. The summed E-state index contributed by atoms with van der Waals surface area (Å²) in [7, 11) is 0. The average molecular weight is 312 g/mol. The second-order valence-corrected chi connectivity index (χ2v) is 6.10. The maximum absolute atomic E-state index is 5.40. The lowest BCUT2D eigenvalue weighted by atomic mass is 10.1. The summed E-state index contributed by atoms with van der Waals surface area (Å²) in [5, 5.41) is 3.53. The van der Waals surface area contributed by atoms with Crippen molar-refractivity contribution in [3.63, 3.8) is 0 Å². The monoisotopic (exact) mass is 311 g/mol. The van der Waals surface area contributed by atoms with E-state index in [0.717, 1.165) is 40.9 Å². The molecule has 1 aliphatic carbocycles. The van der Waals surface area contributed by atoms with Crippen LogP contribution in [0.25, 0.3) is 0 Å². The Labute approximate surface area is 116 Å². The molecule has 3 nitrogen and oxygen atoms in total. The molecule has 0 radical (unpaired) electrons. The minimum absolute atomic E-state index is 0.331. The number of fused-ring (bicyclic) bond motifs is 1. The van der Waals surface area contributed by atoms with E-state index in [2.05, 4.69) is 34.2 Å². The zero-order valence-corrected chi connectivity index (χ0v) is 12.1. The third-order valence-electron chi connectivity index (χ3n) is 3.75. The van der Waals surface area contributed by atoms with Crippen LogP contribution in [0.2, 0.25) is 0 Å². The molecular weight excluding hydrogens is 294 g/mol. The number of hydrogen-bond donors (Lipinski definition) is 1. The number of nitrogens with one attached hydrogen (secondary N) is 1. The van der Waals surface area contributed by atoms with Gasteiger partial charge in [0.05, 0.1) is 0 Å². The summed E-state index contributed by atoms with van der Waals surface area (Å²) in [6.07, 6.45) is 2.83. The third kappa shape index (κ3) is 2.64. The number of benzene rings is 1. The Balaban J connectivity index is 1.58. The zero-order chi connectivity index (χ0) is 12.5. The van der Waals surface area contributed by atoms with Crippen LogP contribution in [-0.2, 0) is 6.54 Å². The van der Waals surface area contributed by atoms with Crippen LogP contribution in [-0.4, -0.2) is 13.3 Å². The van der Waals surface area contributed by atoms with Gasteiger partial charge in [0.25, 0.3) is 0 Å². The topological polar surface area (TPSA) is 30.5 Å². The van der Waals surface area contributed by atoms with E-state index >= 15 is 0 Å². The smallest absolute Gasteiger partial charge is 0.231 e. The van der Waals surface area contributed by atoms with Crippen LogP contribution in [0.4, 0.5) is 0 Å². The van der Waals surface area contributed by atoms with Crippen molar-refractivity contribution in [3.05, 3.63) is 22.2 Å². The lowest BCUT2D eigenvalue weighted by Crippen LogP contribution is -2.22. The molecule has 0 spiro atoms. The molecule has 98 valence electrons. The van der Waals surface area contributed by atoms with Crippen LogP contribution in [0.15, 0.2) is 16.6 Å². The maximum Gasteiger partial charge on any atom is 0.231 e. The summed E-state index contributed by atoms with van der Waals surface area (Å²) in [6.45, 7) is 4.62. The minimum atomic E-state index is 0.331. The van der Waals surface area contributed by atoms with Gasteiger partial charge in [-0.3, -0.25) is 0 Å². The van der Waals surface area contributed by atoms with Crippen LogP contribution in [0.3, 0.4) is 0 Å². The Morgan fingerprint density at radius 2 is 2.06 bits per heavy atom. The fourth-order valence-electron chi connectivity index (χ4n) is 2.36. The Morgan fingerprint density at radius 1 is 1.33 bits per heavy atom. The molecule has 1 atom stereocenters. The fourth-order valence-corrected chi connectivity index (χ4v) is 2.82. The van der Waals surface area contributed by atoms with Crippen molar-refractivity contribution < 1.29 is 9.47 Å². The highest BCUT2D eigenvalue weighted by Crippen LogP contribution is 2.37. The van der Waals surface area contributed by atoms with Gasteiger partial charge in [-0.25, -0.2) is 0 Å². The summed E-state index contributed by atoms with van der Waals surface area (Å²) in [4.78, 5) is 0. The van der Waals surface area contributed by atoms with Crippen LogP contribution < -0.4 is 14.8 Å². The molecule has 0 bridgehead atoms. The first-order valence-corrected chi connectivity index (χ1v) is 7.32. The molecule has 2 aliphatic rings. The van der Waals surface area contributed by atoms with Crippen molar-refractivity contribution in [1.29, 1.82) is 0 Å². The standard InChI is InChI=1S/C14H18BrNO2/c1-9(10-2-3-10)6-16-7-11-4-13-14(5-12(11)15)18-8-17-13/h4-5,9-10,16H,2-3,6-8H2,1H3. The summed E-state index contributed by atoms with van der Waals surface area (Å²) in [5.41, 5.74) is 1.22. The molecule has 1 fully saturated rings. The van der Waals surface area contributed by atoms with Crippen LogP contribution >= 0.6 is 15.9 Å². The van der Waals surface area contributed by atoms with E-state index in [9.17, 15) is 0 Å². The third-order valence-corrected chi connectivity index (χ3v) is 4.49. The maximum atomic E-state index is 5.40. The van der Waals surface area contributed by atoms with Crippen molar-refractivity contribution in [2.45, 2.75) is 26.3 Å². The van der Waals surface area contributed by atoms with E-state index in [1.807, 2.05) is 6.07 Å². The summed E-state index contributed by atoms with van der Waals surface area (Å²) >= 11 is 3.58. The lowest BCUT2D eigenvalue weighted by molar-refractivity contribution is 0.174. The lowest BCUT2D eigenvalue weighted by Gasteiger charge is -2.12. The number of rotatable bonds is 5. The molecule has 1 heterocycles. The van der Waals surface area contributed by atoms with Gasteiger partial charge < -0.3 is 14.8 Å². The van der Waals surface area contributed by atoms with Gasteiger partial charge in [0, 0.05) is 11.0 Å². The summed E-state index contributed by atoms with van der Waals surface area (Å²) in [5.74, 6) is 3.43. The van der Waals surface area contributed by atoms with Crippen LogP contribution in [0.5, 0.6) is 11.5 Å². The highest BCUT2D eigenvalue weighted by molar-refractivity contribution is 9.10. The van der Waals surface area contributed by atoms with E-state index < -0.39 is 0 Å². The molecule has 18 heavy (non-hydrogen) atoms. The molecule has 0 saturated heterocycles. The first-order valence-electron chi connectivity index (χ1n) is 6.53. The Bertz CT molecular complexity index is 446. The van der Waals surface area contributed by atoms with Gasteiger partial charge in [-0.15, -0.1) is 0 Å². The highest BCUT2D eigenvalue weighted by Gasteiger charge is 2.27. The first kappa shape index (κ1) is 12.3. The van der Waals surface area contributed by atoms with Crippen molar-refractivity contribution in [2.24, 2.45) is 11.8 Å². The predicted molar refractivity (Wildman–Crippen MR) is 73.9 cm³/mol. The SMILES string of the molecule is CC(CNCc1cc2c(cc1Br)OCO2)C1CC1. The van der Waals surface area contributed by atoms with E-state index in [4.69, 9.17) is 9.47 Å². The molecule has 1 N–H and O–H groups in total. The quantitative estimate of drug-likeness (QED) is 0.905. The van der Waals surface area contributed by atoms with Gasteiger partial charge in [0.2, 0.25) is 6.79 Å². The second-order valence-electron chi connectivity index (χ2n) is 5.24. The van der Waals surface area contributed by atoms with Gasteiger partial charge in [0.1, 0.15) is 0 Å². The Hall–Kier alpha value is -0.740. The molecule has 0 aromatic heterocycles. The van der Waals surface area contributed by atoms with Crippen LogP contribution in [0, 0.1) is 11.8 Å². The molecular formula is C14H18BrNO2. The average Bonchev–Trinajstić information content (AvgIpc) is 3.10. The highest BCUT2D eigenvalue weighted by atomic mass is 79.9. The summed E-state index contributed by atoms with van der Waals surface area (Å²) < 4.78 is 11.8. The Kier molecular flexibility index (Phi) is 3.48. The van der Waals surface area contributed by atoms with E-state index in [1.165, 1.54) is 18.4 Å². The van der Waals surface area contributed by atoms with Crippen molar-refractivity contribution in [1.82, 2.24) is 5.32 Å². The second kappa shape index (κ2) is 5.10. The fraction of sp³-hybridized carbons (Fsp3) is 0.571. The number of halogens is 1. The number of hydrogen-bond acceptors (Lipinski definition) is 3. The molecule has 0 amide bonds. The molecule has 1 aromatic carbocycles. The van der Waals surface area contributed by atoms with Gasteiger partial charge >= 0.3 is 0 Å². The number of ether oxygens (including phenoxy) is 2. The van der Waals surface area contributed by atoms with E-state index in [-0.39, 0.29) is 0 Å². The molecule has 1 aliphatic heterocycles. The van der Waals surface area contributed by atoms with Crippen molar-refractivity contribution in [2.75, 3.05) is 13.3 Å². The van der Waals surface area contributed by atoms with Gasteiger partial charge in [-0.05, 0) is 48.9 Å². The van der Waals surface area contributed by atoms with Crippen molar-refractivity contribution >= 4 is 15.9 Å². The molecule has 1 saturated carbocycles. The van der Waals surface area contributed by atoms with Gasteiger partial charge in [0.15, 0.2) is 11.5 Å². The summed E-state index contributed by atoms with van der Waals surface area (Å²) in [6, 6.07) is 4.05. The van der Waals surface area contributed by atoms with Gasteiger partial charge in [-0.2, -0.15) is 0 Å². The normalized spacial score (nSPS) is 19.0. The van der Waals surface area contributed by atoms with E-state index in [1.54, 1.807) is 0 Å².